The fraction of sp³-hybridized carbons (Fsp3) is 0.417. The van der Waals surface area contributed by atoms with Crippen LogP contribution in [-0.4, -0.2) is 41.8 Å². The smallest absolute Gasteiger partial charge is 0.307 e. The zero-order valence-electron chi connectivity index (χ0n) is 11.6. The molecule has 1 atom stereocenters. The summed E-state index contributed by atoms with van der Waals surface area (Å²) < 4.78 is 25.8. The molecule has 0 fully saturated rings. The maximum absolute atomic E-state index is 12.4. The number of rotatable bonds is 7. The maximum atomic E-state index is 12.4. The van der Waals surface area contributed by atoms with Gasteiger partial charge in [0.05, 0.1) is 15.7 Å². The van der Waals surface area contributed by atoms with E-state index in [1.54, 1.807) is 6.92 Å². The lowest BCUT2D eigenvalue weighted by molar-refractivity contribution is -0.384. The van der Waals surface area contributed by atoms with Crippen molar-refractivity contribution in [2.75, 3.05) is 13.1 Å². The van der Waals surface area contributed by atoms with Crippen molar-refractivity contribution < 1.29 is 23.2 Å². The predicted molar refractivity (Wildman–Crippen MR) is 74.3 cm³/mol. The Kier molecular flexibility index (Phi) is 5.39. The number of aliphatic carboxylic acids is 1. The van der Waals surface area contributed by atoms with Crippen molar-refractivity contribution in [3.05, 3.63) is 34.4 Å². The number of carbonyl (C=O) groups is 1. The van der Waals surface area contributed by atoms with Gasteiger partial charge in [-0.25, -0.2) is 8.42 Å². The van der Waals surface area contributed by atoms with E-state index < -0.39 is 26.8 Å². The van der Waals surface area contributed by atoms with Crippen molar-refractivity contribution in [3.8, 4) is 0 Å². The van der Waals surface area contributed by atoms with Crippen LogP contribution >= 0.6 is 0 Å². The van der Waals surface area contributed by atoms with Crippen LogP contribution in [0.5, 0.6) is 0 Å². The summed E-state index contributed by atoms with van der Waals surface area (Å²) in [5, 5.41) is 19.4. The first-order valence-corrected chi connectivity index (χ1v) is 7.61. The highest BCUT2D eigenvalue weighted by molar-refractivity contribution is 7.89. The van der Waals surface area contributed by atoms with E-state index in [0.717, 1.165) is 28.6 Å². The summed E-state index contributed by atoms with van der Waals surface area (Å²) in [5.41, 5.74) is -0.212. The van der Waals surface area contributed by atoms with E-state index in [9.17, 15) is 23.3 Å². The summed E-state index contributed by atoms with van der Waals surface area (Å²) in [6, 6.07) is 4.48. The predicted octanol–water partition coefficient (Wildman–Crippen LogP) is 1.33. The van der Waals surface area contributed by atoms with E-state index >= 15 is 0 Å². The molecule has 0 bridgehead atoms. The minimum atomic E-state index is -3.87. The second-order valence-corrected chi connectivity index (χ2v) is 6.38. The van der Waals surface area contributed by atoms with Gasteiger partial charge < -0.3 is 5.11 Å². The SMILES string of the molecule is CCN(CC(C)C(=O)O)S(=O)(=O)c1ccc([N+](=O)[O-])cc1. The summed E-state index contributed by atoms with van der Waals surface area (Å²) >= 11 is 0. The number of hydrogen-bond donors (Lipinski definition) is 1. The first kappa shape index (κ1) is 17.1. The molecule has 1 aromatic carbocycles. The average molecular weight is 316 g/mol. The van der Waals surface area contributed by atoms with Gasteiger partial charge in [-0.15, -0.1) is 0 Å². The van der Waals surface area contributed by atoms with Gasteiger partial charge in [-0.1, -0.05) is 13.8 Å². The Morgan fingerprint density at radius 2 is 1.90 bits per heavy atom. The molecule has 0 radical (unpaired) electrons. The van der Waals surface area contributed by atoms with Crippen LogP contribution < -0.4 is 0 Å². The number of sulfonamides is 1. The van der Waals surface area contributed by atoms with Gasteiger partial charge in [0.25, 0.3) is 5.69 Å². The molecule has 0 aliphatic rings. The number of nitro benzene ring substituents is 1. The molecule has 0 aliphatic carbocycles. The van der Waals surface area contributed by atoms with Crippen LogP contribution in [0.15, 0.2) is 29.2 Å². The summed E-state index contributed by atoms with van der Waals surface area (Å²) in [6.45, 7) is 2.95. The normalized spacial score (nSPS) is 13.1. The molecule has 0 saturated carbocycles. The molecule has 21 heavy (non-hydrogen) atoms. The van der Waals surface area contributed by atoms with Crippen LogP contribution in [0.4, 0.5) is 5.69 Å². The zero-order valence-corrected chi connectivity index (χ0v) is 12.4. The molecule has 0 saturated heterocycles. The first-order valence-electron chi connectivity index (χ1n) is 6.17. The molecule has 9 heteroatoms. The largest absolute Gasteiger partial charge is 0.481 e. The number of hydrogen-bond acceptors (Lipinski definition) is 5. The number of non-ortho nitro benzene ring substituents is 1. The van der Waals surface area contributed by atoms with E-state index in [4.69, 9.17) is 5.11 Å². The van der Waals surface area contributed by atoms with E-state index in [1.165, 1.54) is 6.92 Å². The van der Waals surface area contributed by atoms with Crippen LogP contribution in [0, 0.1) is 16.0 Å². The van der Waals surface area contributed by atoms with E-state index in [-0.39, 0.29) is 23.7 Å². The number of carboxylic acid groups (broad SMARTS) is 1. The zero-order chi connectivity index (χ0) is 16.2. The topological polar surface area (TPSA) is 118 Å². The third-order valence-corrected chi connectivity index (χ3v) is 4.89. The molecule has 116 valence electrons. The van der Waals surface area contributed by atoms with Crippen molar-refractivity contribution in [3.63, 3.8) is 0 Å². The summed E-state index contributed by atoms with van der Waals surface area (Å²) in [6.07, 6.45) is 0. The fourth-order valence-corrected chi connectivity index (χ4v) is 3.21. The Balaban J connectivity index is 3.06. The lowest BCUT2D eigenvalue weighted by atomic mass is 10.2. The van der Waals surface area contributed by atoms with Gasteiger partial charge in [-0.3, -0.25) is 14.9 Å². The Bertz CT molecular complexity index is 626. The molecule has 0 spiro atoms. The molecule has 8 nitrogen and oxygen atoms in total. The second-order valence-electron chi connectivity index (χ2n) is 4.45. The van der Waals surface area contributed by atoms with E-state index in [0.29, 0.717) is 0 Å². The molecule has 1 unspecified atom stereocenters. The van der Waals surface area contributed by atoms with Gasteiger partial charge in [0.1, 0.15) is 0 Å². The molecule has 0 amide bonds. The monoisotopic (exact) mass is 316 g/mol. The molecule has 1 aromatic rings. The third kappa shape index (κ3) is 3.99. The van der Waals surface area contributed by atoms with E-state index in [2.05, 4.69) is 0 Å². The highest BCUT2D eigenvalue weighted by Gasteiger charge is 2.27. The maximum Gasteiger partial charge on any atom is 0.307 e. The van der Waals surface area contributed by atoms with Gasteiger partial charge >= 0.3 is 5.97 Å². The van der Waals surface area contributed by atoms with Crippen molar-refractivity contribution in [2.45, 2.75) is 18.7 Å². The summed E-state index contributed by atoms with van der Waals surface area (Å²) in [5.74, 6) is -1.94. The third-order valence-electron chi connectivity index (χ3n) is 2.94. The minimum Gasteiger partial charge on any atom is -0.481 e. The molecule has 1 N–H and O–H groups in total. The first-order chi connectivity index (χ1) is 9.70. The Hall–Kier alpha value is -2.00. The number of benzene rings is 1. The van der Waals surface area contributed by atoms with Crippen molar-refractivity contribution in [1.29, 1.82) is 0 Å². The average Bonchev–Trinajstić information content (AvgIpc) is 2.44. The Morgan fingerprint density at radius 1 is 1.38 bits per heavy atom. The quantitative estimate of drug-likeness (QED) is 0.599. The molecule has 1 rings (SSSR count). The van der Waals surface area contributed by atoms with E-state index in [1.807, 2.05) is 0 Å². The van der Waals surface area contributed by atoms with Crippen molar-refractivity contribution >= 4 is 21.7 Å². The Morgan fingerprint density at radius 3 is 2.29 bits per heavy atom. The van der Waals surface area contributed by atoms with Crippen molar-refractivity contribution in [2.24, 2.45) is 5.92 Å². The lowest BCUT2D eigenvalue weighted by Gasteiger charge is -2.22. The molecule has 0 heterocycles. The highest BCUT2D eigenvalue weighted by atomic mass is 32.2. The minimum absolute atomic E-state index is 0.104. The highest BCUT2D eigenvalue weighted by Crippen LogP contribution is 2.20. The second kappa shape index (κ2) is 6.64. The summed E-state index contributed by atoms with van der Waals surface area (Å²) in [7, 11) is -3.87. The van der Waals surface area contributed by atoms with Crippen molar-refractivity contribution in [1.82, 2.24) is 4.31 Å². The lowest BCUT2D eigenvalue weighted by Crippen LogP contribution is -2.36. The van der Waals surface area contributed by atoms with Gasteiger partial charge in [0.15, 0.2) is 0 Å². The number of carboxylic acids is 1. The van der Waals surface area contributed by atoms with Gasteiger partial charge in [0.2, 0.25) is 10.0 Å². The van der Waals surface area contributed by atoms with Crippen LogP contribution in [0.25, 0.3) is 0 Å². The molecular weight excluding hydrogens is 300 g/mol. The van der Waals surface area contributed by atoms with Crippen LogP contribution in [0.2, 0.25) is 0 Å². The number of nitro groups is 1. The summed E-state index contributed by atoms with van der Waals surface area (Å²) in [4.78, 5) is 20.7. The molecular formula is C12H16N2O6S. The van der Waals surface area contributed by atoms with Gasteiger partial charge in [0, 0.05) is 25.2 Å². The van der Waals surface area contributed by atoms with Gasteiger partial charge in [-0.05, 0) is 12.1 Å². The standard InChI is InChI=1S/C12H16N2O6S/c1-3-13(8-9(2)12(15)16)21(19,20)11-6-4-10(5-7-11)14(17)18/h4-7,9H,3,8H2,1-2H3,(H,15,16). The van der Waals surface area contributed by atoms with Crippen LogP contribution in [0.1, 0.15) is 13.8 Å². The van der Waals surface area contributed by atoms with Gasteiger partial charge in [-0.2, -0.15) is 4.31 Å². The molecule has 0 aliphatic heterocycles. The van der Waals surface area contributed by atoms with Crippen LogP contribution in [-0.2, 0) is 14.8 Å². The number of nitrogens with zero attached hydrogens (tertiary/aromatic N) is 2. The fourth-order valence-electron chi connectivity index (χ4n) is 1.67. The Labute approximate surface area is 122 Å². The van der Waals surface area contributed by atoms with Crippen LogP contribution in [0.3, 0.4) is 0 Å². The molecule has 0 aromatic heterocycles.